The summed E-state index contributed by atoms with van der Waals surface area (Å²) in [5.74, 6) is -0.510. The van der Waals surface area contributed by atoms with Gasteiger partial charge in [0.05, 0.1) is 7.11 Å². The highest BCUT2D eigenvalue weighted by molar-refractivity contribution is 9.10. The van der Waals surface area contributed by atoms with Crippen LogP contribution in [0.25, 0.3) is 11.1 Å². The van der Waals surface area contributed by atoms with Gasteiger partial charge in [-0.3, -0.25) is 5.32 Å². The number of rotatable bonds is 4. The summed E-state index contributed by atoms with van der Waals surface area (Å²) < 4.78 is 5.90. The first-order chi connectivity index (χ1) is 13.4. The molecule has 0 radical (unpaired) electrons. The molecule has 2 N–H and O–H groups in total. The maximum Gasteiger partial charge on any atom is 0.341 e. The van der Waals surface area contributed by atoms with Gasteiger partial charge in [-0.05, 0) is 48.9 Å². The van der Waals surface area contributed by atoms with Gasteiger partial charge in [-0.1, -0.05) is 39.7 Å². The van der Waals surface area contributed by atoms with E-state index in [2.05, 4.69) is 26.6 Å². The second kappa shape index (κ2) is 8.77. The van der Waals surface area contributed by atoms with Crippen LogP contribution in [0.15, 0.2) is 53.0 Å². The summed E-state index contributed by atoms with van der Waals surface area (Å²) in [7, 11) is 1.32. The van der Waals surface area contributed by atoms with Crippen LogP contribution in [0.4, 0.5) is 15.5 Å². The highest BCUT2D eigenvalue weighted by Gasteiger charge is 2.25. The lowest BCUT2D eigenvalue weighted by molar-refractivity contribution is 0.0603. The normalized spacial score (nSPS) is 10.4. The van der Waals surface area contributed by atoms with E-state index in [4.69, 9.17) is 16.3 Å². The zero-order chi connectivity index (χ0) is 20.3. The van der Waals surface area contributed by atoms with Gasteiger partial charge in [0.15, 0.2) is 0 Å². The fourth-order valence-corrected chi connectivity index (χ4v) is 4.14. The molecule has 0 bridgehead atoms. The predicted octanol–water partition coefficient (Wildman–Crippen LogP) is 6.57. The van der Waals surface area contributed by atoms with E-state index in [1.807, 2.05) is 31.2 Å². The molecule has 0 atom stereocenters. The van der Waals surface area contributed by atoms with Gasteiger partial charge in [-0.25, -0.2) is 9.59 Å². The molecule has 0 saturated carbocycles. The van der Waals surface area contributed by atoms with Crippen molar-refractivity contribution < 1.29 is 14.3 Å². The second-order valence-corrected chi connectivity index (χ2v) is 8.40. The van der Waals surface area contributed by atoms with E-state index in [9.17, 15) is 9.59 Å². The molecule has 3 aromatic rings. The number of esters is 1. The Balaban J connectivity index is 1.93. The summed E-state index contributed by atoms with van der Waals surface area (Å²) in [4.78, 5) is 25.8. The zero-order valence-corrected chi connectivity index (χ0v) is 18.2. The van der Waals surface area contributed by atoms with Gasteiger partial charge in [-0.2, -0.15) is 0 Å². The smallest absolute Gasteiger partial charge is 0.341 e. The topological polar surface area (TPSA) is 67.4 Å². The number of benzene rings is 2. The number of carbonyl (C=O) groups is 2. The number of urea groups is 1. The number of ether oxygens (including phenoxy) is 1. The van der Waals surface area contributed by atoms with E-state index in [1.165, 1.54) is 18.4 Å². The first-order valence-electron chi connectivity index (χ1n) is 8.20. The summed E-state index contributed by atoms with van der Waals surface area (Å²) >= 11 is 10.6. The number of hydrogen-bond donors (Lipinski definition) is 2. The van der Waals surface area contributed by atoms with Gasteiger partial charge in [-0.15, -0.1) is 11.3 Å². The SMILES string of the molecule is COC(=O)c1c(NC(=O)Nc2ccc(Cl)cc2)sc(C)c1-c1ccc(Br)cc1. The van der Waals surface area contributed by atoms with Gasteiger partial charge in [0.2, 0.25) is 0 Å². The van der Waals surface area contributed by atoms with Crippen LogP contribution in [-0.4, -0.2) is 19.1 Å². The van der Waals surface area contributed by atoms with Crippen LogP contribution in [-0.2, 0) is 4.74 Å². The minimum Gasteiger partial charge on any atom is -0.465 e. The Hall–Kier alpha value is -2.35. The summed E-state index contributed by atoms with van der Waals surface area (Å²) in [6.45, 7) is 1.90. The van der Waals surface area contributed by atoms with Gasteiger partial charge in [0.1, 0.15) is 10.6 Å². The minimum absolute atomic E-state index is 0.332. The van der Waals surface area contributed by atoms with Gasteiger partial charge >= 0.3 is 12.0 Å². The van der Waals surface area contributed by atoms with Crippen LogP contribution >= 0.6 is 38.9 Å². The number of hydrogen-bond acceptors (Lipinski definition) is 4. The van der Waals surface area contributed by atoms with Crippen molar-refractivity contribution in [3.8, 4) is 11.1 Å². The number of thiophene rings is 1. The molecule has 0 aliphatic heterocycles. The molecule has 0 spiro atoms. The second-order valence-electron chi connectivity index (χ2n) is 5.82. The lowest BCUT2D eigenvalue weighted by Crippen LogP contribution is -2.20. The first kappa shape index (κ1) is 20.4. The average Bonchev–Trinajstić information content (AvgIpc) is 2.99. The van der Waals surface area contributed by atoms with Crippen LogP contribution in [0.1, 0.15) is 15.2 Å². The van der Waals surface area contributed by atoms with E-state index in [0.29, 0.717) is 21.3 Å². The Kier molecular flexibility index (Phi) is 6.39. The molecule has 0 unspecified atom stereocenters. The third kappa shape index (κ3) is 4.55. The van der Waals surface area contributed by atoms with Crippen molar-refractivity contribution in [2.75, 3.05) is 17.7 Å². The molecule has 1 aromatic heterocycles. The van der Waals surface area contributed by atoms with Crippen LogP contribution < -0.4 is 10.6 Å². The van der Waals surface area contributed by atoms with Crippen molar-refractivity contribution >= 4 is 61.6 Å². The Labute approximate surface area is 179 Å². The van der Waals surface area contributed by atoms with Crippen LogP contribution in [0, 0.1) is 6.92 Å². The van der Waals surface area contributed by atoms with Crippen molar-refractivity contribution in [3.05, 3.63) is 68.5 Å². The number of methoxy groups -OCH3 is 1. The van der Waals surface area contributed by atoms with Crippen molar-refractivity contribution in [3.63, 3.8) is 0 Å². The Bertz CT molecular complexity index is 1020. The Morgan fingerprint density at radius 2 is 1.68 bits per heavy atom. The van der Waals surface area contributed by atoms with E-state index in [0.717, 1.165) is 20.5 Å². The highest BCUT2D eigenvalue weighted by Crippen LogP contribution is 2.40. The van der Waals surface area contributed by atoms with Crippen LogP contribution in [0.3, 0.4) is 0 Å². The summed E-state index contributed by atoms with van der Waals surface area (Å²) in [5, 5.41) is 6.47. The van der Waals surface area contributed by atoms with E-state index in [1.54, 1.807) is 24.3 Å². The van der Waals surface area contributed by atoms with Gasteiger partial charge in [0, 0.05) is 25.6 Å². The largest absolute Gasteiger partial charge is 0.465 e. The Morgan fingerprint density at radius 3 is 2.29 bits per heavy atom. The molecule has 28 heavy (non-hydrogen) atoms. The molecule has 3 rings (SSSR count). The van der Waals surface area contributed by atoms with Crippen molar-refractivity contribution in [2.24, 2.45) is 0 Å². The maximum absolute atomic E-state index is 12.5. The highest BCUT2D eigenvalue weighted by atomic mass is 79.9. The number of carbonyl (C=O) groups excluding carboxylic acids is 2. The van der Waals surface area contributed by atoms with Crippen molar-refractivity contribution in [1.82, 2.24) is 0 Å². The lowest BCUT2D eigenvalue weighted by atomic mass is 10.0. The predicted molar refractivity (Wildman–Crippen MR) is 118 cm³/mol. The number of aryl methyl sites for hydroxylation is 1. The fourth-order valence-electron chi connectivity index (χ4n) is 2.69. The van der Waals surface area contributed by atoms with Crippen LogP contribution in [0.5, 0.6) is 0 Å². The molecule has 2 aromatic carbocycles. The molecule has 0 fully saturated rings. The van der Waals surface area contributed by atoms with Crippen molar-refractivity contribution in [1.29, 1.82) is 0 Å². The fraction of sp³-hybridized carbons (Fsp3) is 0.100. The summed E-state index contributed by atoms with van der Waals surface area (Å²) in [5.41, 5.74) is 2.52. The number of amides is 2. The molecular formula is C20H16BrClN2O3S. The van der Waals surface area contributed by atoms with E-state index in [-0.39, 0.29) is 0 Å². The first-order valence-corrected chi connectivity index (χ1v) is 10.2. The standard InChI is InChI=1S/C20H16BrClN2O3S/c1-11-16(12-3-5-13(21)6-4-12)17(19(25)27-2)18(28-11)24-20(26)23-15-9-7-14(22)8-10-15/h3-10H,1-2H3,(H2,23,24,26). The summed E-state index contributed by atoms with van der Waals surface area (Å²) in [6.07, 6.45) is 0. The monoisotopic (exact) mass is 478 g/mol. The molecule has 0 aliphatic rings. The molecule has 5 nitrogen and oxygen atoms in total. The third-order valence-electron chi connectivity index (χ3n) is 3.94. The van der Waals surface area contributed by atoms with E-state index < -0.39 is 12.0 Å². The third-order valence-corrected chi connectivity index (χ3v) is 5.74. The summed E-state index contributed by atoms with van der Waals surface area (Å²) in [6, 6.07) is 13.9. The van der Waals surface area contributed by atoms with Gasteiger partial charge < -0.3 is 10.1 Å². The molecular weight excluding hydrogens is 464 g/mol. The molecule has 0 saturated heterocycles. The maximum atomic E-state index is 12.5. The minimum atomic E-state index is -0.510. The van der Waals surface area contributed by atoms with Crippen molar-refractivity contribution in [2.45, 2.75) is 6.92 Å². The van der Waals surface area contributed by atoms with E-state index >= 15 is 0 Å². The zero-order valence-electron chi connectivity index (χ0n) is 15.0. The molecule has 1 heterocycles. The lowest BCUT2D eigenvalue weighted by Gasteiger charge is -2.09. The Morgan fingerprint density at radius 1 is 1.04 bits per heavy atom. The molecule has 144 valence electrons. The van der Waals surface area contributed by atoms with Crippen LogP contribution in [0.2, 0.25) is 5.02 Å². The average molecular weight is 480 g/mol. The molecule has 8 heteroatoms. The number of halogens is 2. The number of nitrogens with one attached hydrogen (secondary N) is 2. The molecule has 2 amide bonds. The van der Waals surface area contributed by atoms with Gasteiger partial charge in [0.25, 0.3) is 0 Å². The quantitative estimate of drug-likeness (QED) is 0.416. The number of anilines is 2. The molecule has 0 aliphatic carbocycles.